The van der Waals surface area contributed by atoms with Gasteiger partial charge in [-0.1, -0.05) is 12.1 Å². The Kier molecular flexibility index (Phi) is 3.12. The van der Waals surface area contributed by atoms with Crippen molar-refractivity contribution in [2.24, 2.45) is 10.7 Å². The number of aryl methyl sites for hydroxylation is 1. The maximum absolute atomic E-state index is 11.9. The summed E-state index contributed by atoms with van der Waals surface area (Å²) in [6.45, 7) is 2.36. The molecular formula is C15H14N4O. The molecule has 5 heteroatoms. The fourth-order valence-electron chi connectivity index (χ4n) is 2.26. The zero-order chi connectivity index (χ0) is 14.1. The van der Waals surface area contributed by atoms with E-state index in [4.69, 9.17) is 5.73 Å². The molecule has 0 unspecified atom stereocenters. The molecule has 0 bridgehead atoms. The number of aliphatic imine (C=N–C) groups is 1. The summed E-state index contributed by atoms with van der Waals surface area (Å²) in [4.78, 5) is 24.5. The maximum atomic E-state index is 11.9. The van der Waals surface area contributed by atoms with Crippen molar-refractivity contribution >= 4 is 11.5 Å². The van der Waals surface area contributed by atoms with Gasteiger partial charge in [0.2, 0.25) is 0 Å². The zero-order valence-electron chi connectivity index (χ0n) is 11.1. The molecule has 1 aromatic carbocycles. The lowest BCUT2D eigenvalue weighted by molar-refractivity contribution is 0.1000. The lowest BCUT2D eigenvalue weighted by atomic mass is 9.93. The fourth-order valence-corrected chi connectivity index (χ4v) is 2.26. The van der Waals surface area contributed by atoms with Crippen LogP contribution in [0.1, 0.15) is 21.7 Å². The molecule has 0 spiro atoms. The van der Waals surface area contributed by atoms with Crippen LogP contribution in [0, 0.1) is 6.92 Å². The number of hydrogen-bond donors (Lipinski definition) is 1. The third-order valence-corrected chi connectivity index (χ3v) is 3.35. The minimum Gasteiger partial charge on any atom is -0.325 e. The number of rotatable bonds is 2. The molecule has 20 heavy (non-hydrogen) atoms. The van der Waals surface area contributed by atoms with E-state index in [-0.39, 0.29) is 12.3 Å². The molecule has 0 aliphatic carbocycles. The van der Waals surface area contributed by atoms with Gasteiger partial charge >= 0.3 is 0 Å². The summed E-state index contributed by atoms with van der Waals surface area (Å²) < 4.78 is 0. The molecule has 0 saturated carbocycles. The number of aromatic nitrogens is 2. The highest BCUT2D eigenvalue weighted by atomic mass is 16.1. The summed E-state index contributed by atoms with van der Waals surface area (Å²) in [5.41, 5.74) is 9.86. The topological polar surface area (TPSA) is 81.2 Å². The number of carbonyl (C=O) groups is 1. The molecule has 2 N–H and O–H groups in total. The predicted molar refractivity (Wildman–Crippen MR) is 77.0 cm³/mol. The summed E-state index contributed by atoms with van der Waals surface area (Å²) in [5, 5.41) is 0. The molecule has 2 heterocycles. The summed E-state index contributed by atoms with van der Waals surface area (Å²) in [7, 11) is 0. The quantitative estimate of drug-likeness (QED) is 0.890. The fraction of sp³-hybridized carbons (Fsp3) is 0.200. The van der Waals surface area contributed by atoms with Crippen molar-refractivity contribution < 1.29 is 4.79 Å². The number of Topliss-reactive ketones (excluding diaryl/α,β-unsaturated/α-hetero) is 1. The maximum Gasteiger partial charge on any atom is 0.184 e. The summed E-state index contributed by atoms with van der Waals surface area (Å²) in [6.07, 6.45) is 3.54. The van der Waals surface area contributed by atoms with Gasteiger partial charge in [0.15, 0.2) is 5.78 Å². The first-order valence-electron chi connectivity index (χ1n) is 6.39. The Morgan fingerprint density at radius 3 is 2.60 bits per heavy atom. The number of benzene rings is 1. The Bertz CT molecular complexity index is 704. The molecule has 0 amide bonds. The van der Waals surface area contributed by atoms with Gasteiger partial charge in [-0.15, -0.1) is 0 Å². The smallest absolute Gasteiger partial charge is 0.184 e. The Morgan fingerprint density at radius 2 is 1.90 bits per heavy atom. The van der Waals surface area contributed by atoms with Crippen molar-refractivity contribution in [1.82, 2.24) is 9.97 Å². The highest BCUT2D eigenvalue weighted by molar-refractivity contribution is 6.16. The Hall–Kier alpha value is -2.40. The van der Waals surface area contributed by atoms with Crippen LogP contribution in [0.15, 0.2) is 35.6 Å². The van der Waals surface area contributed by atoms with E-state index in [2.05, 4.69) is 15.0 Å². The summed E-state index contributed by atoms with van der Waals surface area (Å²) in [6, 6.07) is 5.67. The van der Waals surface area contributed by atoms with E-state index in [9.17, 15) is 4.79 Å². The van der Waals surface area contributed by atoms with Crippen LogP contribution in [0.2, 0.25) is 0 Å². The summed E-state index contributed by atoms with van der Waals surface area (Å²) >= 11 is 0. The van der Waals surface area contributed by atoms with Crippen LogP contribution in [0.25, 0.3) is 11.1 Å². The molecule has 5 nitrogen and oxygen atoms in total. The van der Waals surface area contributed by atoms with Crippen molar-refractivity contribution in [3.63, 3.8) is 0 Å². The normalized spacial score (nSPS) is 13.9. The van der Waals surface area contributed by atoms with E-state index in [1.807, 2.05) is 25.1 Å². The molecule has 100 valence electrons. The van der Waals surface area contributed by atoms with Gasteiger partial charge in [-0.05, 0) is 18.6 Å². The lowest BCUT2D eigenvalue weighted by Gasteiger charge is -2.16. The molecule has 3 rings (SSSR count). The van der Waals surface area contributed by atoms with E-state index in [1.54, 1.807) is 12.4 Å². The molecule has 1 aromatic heterocycles. The lowest BCUT2D eigenvalue weighted by Crippen LogP contribution is -2.24. The molecule has 0 fully saturated rings. The van der Waals surface area contributed by atoms with Gasteiger partial charge < -0.3 is 5.73 Å². The standard InChI is InChI=1S/C15H14N4O/c1-9-17-6-11(7-18-9)10-2-3-12-13(4-10)14(5-16)19-8-15(12)20/h2-4,6-7H,5,8,16H2,1H3. The van der Waals surface area contributed by atoms with Crippen LogP contribution in [-0.2, 0) is 0 Å². The largest absolute Gasteiger partial charge is 0.325 e. The van der Waals surface area contributed by atoms with Crippen LogP contribution in [0.5, 0.6) is 0 Å². The average molecular weight is 266 g/mol. The predicted octanol–water partition coefficient (Wildman–Crippen LogP) is 1.40. The monoisotopic (exact) mass is 266 g/mol. The number of carbonyl (C=O) groups excluding carboxylic acids is 1. The first-order valence-corrected chi connectivity index (χ1v) is 6.39. The van der Waals surface area contributed by atoms with Crippen LogP contribution < -0.4 is 5.73 Å². The van der Waals surface area contributed by atoms with Crippen molar-refractivity contribution in [3.8, 4) is 11.1 Å². The summed E-state index contributed by atoms with van der Waals surface area (Å²) in [5.74, 6) is 0.759. The second-order valence-electron chi connectivity index (χ2n) is 4.67. The zero-order valence-corrected chi connectivity index (χ0v) is 11.1. The van der Waals surface area contributed by atoms with Crippen molar-refractivity contribution in [1.29, 1.82) is 0 Å². The number of nitrogens with two attached hydrogens (primary N) is 1. The van der Waals surface area contributed by atoms with Crippen LogP contribution in [0.4, 0.5) is 0 Å². The average Bonchev–Trinajstić information content (AvgIpc) is 2.48. The Morgan fingerprint density at radius 1 is 1.15 bits per heavy atom. The minimum atomic E-state index is 0.0314. The van der Waals surface area contributed by atoms with Gasteiger partial charge in [0, 0.05) is 35.6 Å². The van der Waals surface area contributed by atoms with Crippen molar-refractivity contribution in [2.75, 3.05) is 13.1 Å². The van der Waals surface area contributed by atoms with Gasteiger partial charge in [-0.2, -0.15) is 0 Å². The molecule has 0 atom stereocenters. The first-order chi connectivity index (χ1) is 9.69. The SMILES string of the molecule is Cc1ncc(-c2ccc3c(c2)C(CN)=NCC3=O)cn1. The van der Waals surface area contributed by atoms with Crippen molar-refractivity contribution in [2.45, 2.75) is 6.92 Å². The van der Waals surface area contributed by atoms with Gasteiger partial charge in [0.1, 0.15) is 12.4 Å². The van der Waals surface area contributed by atoms with E-state index in [1.165, 1.54) is 0 Å². The highest BCUT2D eigenvalue weighted by Crippen LogP contribution is 2.24. The van der Waals surface area contributed by atoms with Crippen molar-refractivity contribution in [3.05, 3.63) is 47.5 Å². The van der Waals surface area contributed by atoms with Crippen LogP contribution in [-0.4, -0.2) is 34.6 Å². The van der Waals surface area contributed by atoms with E-state index in [0.717, 1.165) is 28.2 Å². The Balaban J connectivity index is 2.11. The van der Waals surface area contributed by atoms with Gasteiger partial charge in [0.25, 0.3) is 0 Å². The third kappa shape index (κ3) is 2.12. The highest BCUT2D eigenvalue weighted by Gasteiger charge is 2.20. The molecule has 1 aliphatic rings. The molecule has 2 aromatic rings. The molecule has 0 radical (unpaired) electrons. The Labute approximate surface area is 116 Å². The third-order valence-electron chi connectivity index (χ3n) is 3.35. The molecule has 1 aliphatic heterocycles. The van der Waals surface area contributed by atoms with Crippen LogP contribution in [0.3, 0.4) is 0 Å². The van der Waals surface area contributed by atoms with Gasteiger partial charge in [0.05, 0.1) is 5.71 Å². The van der Waals surface area contributed by atoms with Crippen LogP contribution >= 0.6 is 0 Å². The van der Waals surface area contributed by atoms with E-state index >= 15 is 0 Å². The second kappa shape index (κ2) is 4.94. The number of fused-ring (bicyclic) bond motifs is 1. The number of hydrogen-bond acceptors (Lipinski definition) is 5. The van der Waals surface area contributed by atoms with Gasteiger partial charge in [-0.3, -0.25) is 9.79 Å². The number of nitrogens with zero attached hydrogens (tertiary/aromatic N) is 3. The number of ketones is 1. The molecule has 0 saturated heterocycles. The molecular weight excluding hydrogens is 252 g/mol. The van der Waals surface area contributed by atoms with E-state index < -0.39 is 0 Å². The van der Waals surface area contributed by atoms with Gasteiger partial charge in [-0.25, -0.2) is 9.97 Å². The second-order valence-corrected chi connectivity index (χ2v) is 4.67. The first kappa shape index (κ1) is 12.6. The van der Waals surface area contributed by atoms with E-state index in [0.29, 0.717) is 12.1 Å². The minimum absolute atomic E-state index is 0.0314.